The Kier molecular flexibility index (Phi) is 9.18. The molecule has 1 atom stereocenters. The molecule has 0 aromatic heterocycles. The van der Waals surface area contributed by atoms with Crippen LogP contribution in [-0.2, 0) is 24.1 Å². The lowest BCUT2D eigenvalue weighted by Crippen LogP contribution is -2.21. The highest BCUT2D eigenvalue weighted by Crippen LogP contribution is 1.81. The van der Waals surface area contributed by atoms with E-state index in [1.807, 2.05) is 0 Å². The normalized spacial score (nSPS) is 12.0. The quantitative estimate of drug-likeness (QED) is 0.304. The zero-order valence-electron chi connectivity index (χ0n) is 8.54. The molecule has 3 N–H and O–H groups in total. The van der Waals surface area contributed by atoms with Crippen LogP contribution in [0, 0.1) is 0 Å². The first-order chi connectivity index (χ1) is 6.72. The summed E-state index contributed by atoms with van der Waals surface area (Å²) in [4.78, 5) is 10.2. The number of hydrogen-bond donors (Lipinski definition) is 2. The van der Waals surface area contributed by atoms with E-state index in [4.69, 9.17) is 10.3 Å². The van der Waals surface area contributed by atoms with E-state index >= 15 is 0 Å². The van der Waals surface area contributed by atoms with Gasteiger partial charge in [0.25, 0.3) is 0 Å². The second-order valence-electron chi connectivity index (χ2n) is 2.18. The van der Waals surface area contributed by atoms with Crippen LogP contribution >= 0.6 is 0 Å². The number of carbonyl (C=O) groups excluding carboxylic acids is 1. The van der Waals surface area contributed by atoms with Gasteiger partial charge in [-0.1, -0.05) is 6.58 Å². The van der Waals surface area contributed by atoms with Gasteiger partial charge in [-0.3, -0.25) is 10.3 Å². The van der Waals surface area contributed by atoms with Crippen LogP contribution in [0.4, 0.5) is 0 Å². The van der Waals surface area contributed by atoms with E-state index in [0.29, 0.717) is 0 Å². The Hall–Kier alpha value is -0.960. The molecule has 0 fully saturated rings. The molecule has 1 unspecified atom stereocenters. The third-order valence-corrected chi connectivity index (χ3v) is 1.27. The summed E-state index contributed by atoms with van der Waals surface area (Å²) in [5.41, 5.74) is 5.08. The molecule has 0 rings (SSSR count). The van der Waals surface area contributed by atoms with Gasteiger partial charge in [0, 0.05) is 6.08 Å². The summed E-state index contributed by atoms with van der Waals surface area (Å²) in [6.45, 7) is 6.19. The smallest absolute Gasteiger partial charge is 0.397 e. The summed E-state index contributed by atoms with van der Waals surface area (Å²) in [7, 11) is -4.17. The molecule has 0 aliphatic carbocycles. The first-order valence-corrected chi connectivity index (χ1v) is 5.30. The first kappa shape index (κ1) is 16.5. The topological polar surface area (TPSA) is 116 Å². The number of rotatable bonds is 4. The molecule has 90 valence electrons. The predicted molar refractivity (Wildman–Crippen MR) is 53.1 cm³/mol. The van der Waals surface area contributed by atoms with E-state index in [1.54, 1.807) is 6.92 Å². The fourth-order valence-corrected chi connectivity index (χ4v) is 0.678. The molecule has 8 heteroatoms. The van der Waals surface area contributed by atoms with E-state index < -0.39 is 22.6 Å². The van der Waals surface area contributed by atoms with Gasteiger partial charge in [-0.25, -0.2) is 8.98 Å². The Morgan fingerprint density at radius 1 is 1.67 bits per heavy atom. The van der Waals surface area contributed by atoms with Crippen LogP contribution in [0.5, 0.6) is 0 Å². The van der Waals surface area contributed by atoms with Crippen LogP contribution in [0.2, 0.25) is 0 Å². The predicted octanol–water partition coefficient (Wildman–Crippen LogP) is -0.154. The molecule has 0 spiro atoms. The van der Waals surface area contributed by atoms with Crippen molar-refractivity contribution in [3.8, 4) is 0 Å². The third kappa shape index (κ3) is 19.4. The summed E-state index contributed by atoms with van der Waals surface area (Å²) in [6.07, 6.45) is 0.532. The first-order valence-electron chi connectivity index (χ1n) is 3.93. The minimum absolute atomic E-state index is 0.0289. The van der Waals surface area contributed by atoms with Crippen LogP contribution in [0.15, 0.2) is 12.7 Å². The summed E-state index contributed by atoms with van der Waals surface area (Å²) < 4.78 is 35.1. The fourth-order valence-electron chi connectivity index (χ4n) is 0.380. The average molecular weight is 241 g/mol. The van der Waals surface area contributed by atoms with Gasteiger partial charge in [0.05, 0.1) is 6.61 Å². The summed E-state index contributed by atoms with van der Waals surface area (Å²) in [5.74, 6) is -0.486. The summed E-state index contributed by atoms with van der Waals surface area (Å²) >= 11 is 0. The molecule has 0 saturated carbocycles. The highest BCUT2D eigenvalue weighted by atomic mass is 32.3. The van der Waals surface area contributed by atoms with Crippen molar-refractivity contribution in [3.05, 3.63) is 12.7 Å². The molecule has 0 bridgehead atoms. The number of nitrogens with two attached hydrogens (primary N) is 1. The lowest BCUT2D eigenvalue weighted by atomic mass is 10.6. The summed E-state index contributed by atoms with van der Waals surface area (Å²) in [5, 5.41) is 0. The number of carbonyl (C=O) groups is 1. The molecule has 0 aromatic carbocycles. The zero-order valence-corrected chi connectivity index (χ0v) is 9.36. The summed E-state index contributed by atoms with van der Waals surface area (Å²) in [6, 6.07) is 0. The minimum Gasteiger partial charge on any atom is -0.444 e. The van der Waals surface area contributed by atoms with E-state index in [9.17, 15) is 13.2 Å². The van der Waals surface area contributed by atoms with Crippen LogP contribution in [0.25, 0.3) is 0 Å². The van der Waals surface area contributed by atoms with Crippen molar-refractivity contribution in [2.24, 2.45) is 5.73 Å². The lowest BCUT2D eigenvalue weighted by molar-refractivity contribution is -0.141. The number of ether oxygens (including phenoxy) is 1. The van der Waals surface area contributed by atoms with Gasteiger partial charge >= 0.3 is 16.4 Å². The van der Waals surface area contributed by atoms with Crippen LogP contribution in [-0.4, -0.2) is 31.8 Å². The van der Waals surface area contributed by atoms with Crippen molar-refractivity contribution < 1.29 is 26.7 Å². The molecule has 0 aliphatic heterocycles. The van der Waals surface area contributed by atoms with Crippen molar-refractivity contribution >= 4 is 16.4 Å². The third-order valence-electron chi connectivity index (χ3n) is 0.735. The minimum atomic E-state index is -4.17. The molecular formula is C7H15NO6S. The molecular weight excluding hydrogens is 226 g/mol. The molecule has 15 heavy (non-hydrogen) atoms. The maximum atomic E-state index is 10.2. The van der Waals surface area contributed by atoms with E-state index in [2.05, 4.69) is 15.5 Å². The van der Waals surface area contributed by atoms with Crippen LogP contribution in [0.3, 0.4) is 0 Å². The van der Waals surface area contributed by atoms with Crippen molar-refractivity contribution in [1.82, 2.24) is 0 Å². The Labute approximate surface area is 88.8 Å². The van der Waals surface area contributed by atoms with Crippen molar-refractivity contribution in [3.63, 3.8) is 0 Å². The van der Waals surface area contributed by atoms with Gasteiger partial charge in [0.1, 0.15) is 6.23 Å². The average Bonchev–Trinajstić information content (AvgIpc) is 2.01. The monoisotopic (exact) mass is 241 g/mol. The molecule has 0 heterocycles. The zero-order chi connectivity index (χ0) is 12.5. The Morgan fingerprint density at radius 2 is 2.13 bits per heavy atom. The van der Waals surface area contributed by atoms with Gasteiger partial charge in [-0.15, -0.1) is 0 Å². The largest absolute Gasteiger partial charge is 0.444 e. The van der Waals surface area contributed by atoms with Gasteiger partial charge < -0.3 is 4.74 Å². The van der Waals surface area contributed by atoms with Gasteiger partial charge in [-0.2, -0.15) is 8.42 Å². The number of esters is 1. The Morgan fingerprint density at radius 3 is 2.20 bits per heavy atom. The Balaban J connectivity index is 0. The van der Waals surface area contributed by atoms with Gasteiger partial charge in [-0.05, 0) is 13.8 Å². The van der Waals surface area contributed by atoms with E-state index in [-0.39, 0.29) is 6.61 Å². The highest BCUT2D eigenvalue weighted by molar-refractivity contribution is 7.80. The van der Waals surface area contributed by atoms with Crippen molar-refractivity contribution in [2.75, 3.05) is 6.61 Å². The van der Waals surface area contributed by atoms with E-state index in [0.717, 1.165) is 6.08 Å². The van der Waals surface area contributed by atoms with Crippen molar-refractivity contribution in [1.29, 1.82) is 0 Å². The maximum absolute atomic E-state index is 10.2. The van der Waals surface area contributed by atoms with Gasteiger partial charge in [0.15, 0.2) is 0 Å². The molecule has 0 aliphatic rings. The lowest BCUT2D eigenvalue weighted by Gasteiger charge is -2.02. The Bertz CT molecular complexity index is 284. The maximum Gasteiger partial charge on any atom is 0.397 e. The molecule has 7 nitrogen and oxygen atoms in total. The number of hydrogen-bond acceptors (Lipinski definition) is 6. The van der Waals surface area contributed by atoms with Gasteiger partial charge in [0.2, 0.25) is 0 Å². The molecule has 0 saturated heterocycles. The molecule has 0 aromatic rings. The van der Waals surface area contributed by atoms with Crippen molar-refractivity contribution in [2.45, 2.75) is 20.1 Å². The molecule has 0 radical (unpaired) electrons. The van der Waals surface area contributed by atoms with E-state index in [1.165, 1.54) is 6.92 Å². The molecule has 0 amide bonds. The second kappa shape index (κ2) is 8.36. The SMILES string of the molecule is C=CC(=O)OC(C)N.CCOS(=O)(=O)O. The second-order valence-corrected chi connectivity index (χ2v) is 3.27. The standard InChI is InChI=1S/C5H9NO2.C2H6O4S/c1-3-5(7)8-4(2)6;1-2-6-7(3,4)5/h3-4H,1,6H2,2H3;2H2,1H3,(H,3,4,5). The fraction of sp³-hybridized carbons (Fsp3) is 0.571. The highest BCUT2D eigenvalue weighted by Gasteiger charge is 1.98. The van der Waals surface area contributed by atoms with Crippen LogP contribution in [0.1, 0.15) is 13.8 Å². The van der Waals surface area contributed by atoms with Crippen LogP contribution < -0.4 is 5.73 Å².